The van der Waals surface area contributed by atoms with Crippen molar-refractivity contribution in [1.29, 1.82) is 0 Å². The normalized spacial score (nSPS) is 14.5. The second kappa shape index (κ2) is 21.0. The van der Waals surface area contributed by atoms with Crippen LogP contribution in [0.25, 0.3) is 12.2 Å². The van der Waals surface area contributed by atoms with Crippen LogP contribution in [0.15, 0.2) is 70.8 Å². The van der Waals surface area contributed by atoms with Gasteiger partial charge in [-0.25, -0.2) is 0 Å². The number of allylic oxidation sites excluding steroid dienone is 4. The lowest BCUT2D eigenvalue weighted by molar-refractivity contribution is -0.130. The summed E-state index contributed by atoms with van der Waals surface area (Å²) >= 11 is 1.49. The van der Waals surface area contributed by atoms with Crippen LogP contribution in [0, 0.1) is 0 Å². The molecule has 9 heteroatoms. The van der Waals surface area contributed by atoms with E-state index in [1.54, 1.807) is 25.3 Å². The Kier molecular flexibility index (Phi) is 19.1. The largest absolute Gasteiger partial charge is 0.361 e. The maximum absolute atomic E-state index is 13.5. The highest BCUT2D eigenvalue weighted by molar-refractivity contribution is 8.06. The Morgan fingerprint density at radius 2 is 1.64 bits per heavy atom. The molecule has 0 bridgehead atoms. The van der Waals surface area contributed by atoms with Gasteiger partial charge in [-0.3, -0.25) is 14.4 Å². The van der Waals surface area contributed by atoms with Crippen molar-refractivity contribution in [3.05, 3.63) is 87.7 Å². The minimum absolute atomic E-state index is 0.211. The minimum Gasteiger partial charge on any atom is -0.361 e. The first kappa shape index (κ1) is 38.2. The molecule has 3 amide bonds. The van der Waals surface area contributed by atoms with Crippen LogP contribution >= 0.6 is 11.8 Å². The van der Waals surface area contributed by atoms with Gasteiger partial charge >= 0.3 is 0 Å². The van der Waals surface area contributed by atoms with Crippen molar-refractivity contribution in [2.45, 2.75) is 86.5 Å². The number of nitrogens with one attached hydrogen (secondary N) is 4. The van der Waals surface area contributed by atoms with Gasteiger partial charge < -0.3 is 26.7 Å². The highest BCUT2D eigenvalue weighted by atomic mass is 32.2. The fourth-order valence-electron chi connectivity index (χ4n) is 3.83. The monoisotopic (exact) mass is 595 g/mol. The number of aromatic nitrogens is 1. The van der Waals surface area contributed by atoms with Gasteiger partial charge in [0, 0.05) is 42.8 Å². The van der Waals surface area contributed by atoms with Crippen LogP contribution < -0.4 is 21.7 Å². The molecule has 2 heterocycles. The topological polar surface area (TPSA) is 129 Å². The zero-order chi connectivity index (χ0) is 32.2. The molecule has 230 valence electrons. The highest BCUT2D eigenvalue weighted by Gasteiger charge is 2.27. The minimum atomic E-state index is -0.934. The van der Waals surface area contributed by atoms with Gasteiger partial charge in [0.25, 0.3) is 0 Å². The standard InChI is InChI=1S/C29H37N5O3S.2C2H6/c1-7-11-20-13-23(12-8-2)38-17-22(20)14-26(33-28(36)18(5)30)29(37)34-27(32-19(6)35)15-21-16-31-25(10-4)24(21)9-3;2*1-2/h7-12,16-18,26-27,31H,3-4,14-15,30H2,1-2,5-6H3,(H,32,35)(H,33,36)(H,34,37);2*1-2H3/b11-7-,12-8-;;/t18?,26-,27+;;/m1../s1. The summed E-state index contributed by atoms with van der Waals surface area (Å²) in [6, 6.07) is -1.74. The molecule has 0 aliphatic carbocycles. The van der Waals surface area contributed by atoms with E-state index in [1.165, 1.54) is 18.7 Å². The Morgan fingerprint density at radius 1 is 1.00 bits per heavy atom. The van der Waals surface area contributed by atoms with Gasteiger partial charge in [0.2, 0.25) is 17.7 Å². The molecule has 8 nitrogen and oxygen atoms in total. The molecule has 0 saturated heterocycles. The molecule has 42 heavy (non-hydrogen) atoms. The van der Waals surface area contributed by atoms with Crippen LogP contribution in [0.2, 0.25) is 0 Å². The zero-order valence-electron chi connectivity index (χ0n) is 26.4. The summed E-state index contributed by atoms with van der Waals surface area (Å²) in [5.74, 6) is -1.22. The quantitative estimate of drug-likeness (QED) is 0.144. The smallest absolute Gasteiger partial charge is 0.244 e. The molecule has 3 atom stereocenters. The van der Waals surface area contributed by atoms with Crippen LogP contribution in [0.3, 0.4) is 0 Å². The number of hydrogen-bond acceptors (Lipinski definition) is 5. The maximum atomic E-state index is 13.5. The van der Waals surface area contributed by atoms with Crippen molar-refractivity contribution < 1.29 is 14.4 Å². The molecule has 1 unspecified atom stereocenters. The average molecular weight is 596 g/mol. The number of nitrogens with two attached hydrogens (primary N) is 1. The molecule has 0 radical (unpaired) electrons. The molecule has 1 aliphatic heterocycles. The molecule has 1 aromatic heterocycles. The zero-order valence-corrected chi connectivity index (χ0v) is 27.2. The van der Waals surface area contributed by atoms with Gasteiger partial charge in [-0.15, -0.1) is 0 Å². The maximum Gasteiger partial charge on any atom is 0.244 e. The molecular weight excluding hydrogens is 546 g/mol. The van der Waals surface area contributed by atoms with Crippen molar-refractivity contribution in [1.82, 2.24) is 20.9 Å². The first-order chi connectivity index (χ1) is 20.1. The van der Waals surface area contributed by atoms with E-state index in [1.807, 2.05) is 71.3 Å². The third-order valence-corrected chi connectivity index (χ3v) is 6.51. The van der Waals surface area contributed by atoms with Crippen molar-refractivity contribution in [2.75, 3.05) is 0 Å². The molecule has 0 spiro atoms. The first-order valence-corrected chi connectivity index (χ1v) is 15.2. The van der Waals surface area contributed by atoms with Gasteiger partial charge in [-0.1, -0.05) is 82.7 Å². The predicted molar refractivity (Wildman–Crippen MR) is 179 cm³/mol. The fourth-order valence-corrected chi connectivity index (χ4v) is 4.70. The Morgan fingerprint density at radius 3 is 2.17 bits per heavy atom. The lowest BCUT2D eigenvalue weighted by atomic mass is 9.98. The Balaban J connectivity index is 0.00000402. The van der Waals surface area contributed by atoms with Gasteiger partial charge in [-0.05, 0) is 49.5 Å². The fraction of sp³-hybridized carbons (Fsp3) is 0.394. The van der Waals surface area contributed by atoms with Crippen LogP contribution in [0.5, 0.6) is 0 Å². The van der Waals surface area contributed by atoms with Crippen LogP contribution in [-0.4, -0.2) is 41.0 Å². The predicted octanol–water partition coefficient (Wildman–Crippen LogP) is 5.89. The molecule has 2 rings (SSSR count). The van der Waals surface area contributed by atoms with Crippen molar-refractivity contribution in [2.24, 2.45) is 5.73 Å². The summed E-state index contributed by atoms with van der Waals surface area (Å²) in [5, 5.41) is 10.4. The van der Waals surface area contributed by atoms with E-state index in [-0.39, 0.29) is 12.3 Å². The molecule has 1 aromatic rings. The number of amides is 3. The summed E-state index contributed by atoms with van der Waals surface area (Å²) in [4.78, 5) is 42.1. The third kappa shape index (κ3) is 12.4. The summed E-state index contributed by atoms with van der Waals surface area (Å²) < 4.78 is 0. The van der Waals surface area contributed by atoms with Gasteiger partial charge in [0.1, 0.15) is 12.2 Å². The van der Waals surface area contributed by atoms with E-state index < -0.39 is 30.1 Å². The summed E-state index contributed by atoms with van der Waals surface area (Å²) in [6.45, 7) is 22.4. The molecule has 6 N–H and O–H groups in total. The molecule has 0 aromatic carbocycles. The Bertz CT molecular complexity index is 1230. The van der Waals surface area contributed by atoms with Crippen molar-refractivity contribution >= 4 is 41.6 Å². The number of thioether (sulfide) groups is 1. The van der Waals surface area contributed by atoms with Gasteiger partial charge in [0.15, 0.2) is 0 Å². The molecular formula is C33H49N5O3S. The lowest BCUT2D eigenvalue weighted by Gasteiger charge is -2.26. The van der Waals surface area contributed by atoms with E-state index >= 15 is 0 Å². The molecule has 0 saturated carbocycles. The first-order valence-electron chi connectivity index (χ1n) is 14.3. The number of carbonyl (C=O) groups excluding carboxylic acids is 3. The van der Waals surface area contributed by atoms with Gasteiger partial charge in [0.05, 0.1) is 10.9 Å². The number of carbonyl (C=O) groups is 3. The van der Waals surface area contributed by atoms with E-state index in [0.717, 1.165) is 32.9 Å². The summed E-state index contributed by atoms with van der Waals surface area (Å²) in [6.07, 6.45) is 12.6. The van der Waals surface area contributed by atoms with E-state index in [9.17, 15) is 14.4 Å². The molecule has 1 aliphatic rings. The molecule has 0 fully saturated rings. The SMILES string of the molecule is C=Cc1[nH]cc(C[C@@H](NC(C)=O)NC(=O)[C@@H](CC2=CSC(/C=C\C)=C=C2/C=C\C)NC(=O)C(C)N)c1C=C.CC.CC. The third-order valence-electron chi connectivity index (χ3n) is 5.62. The Labute approximate surface area is 256 Å². The average Bonchev–Trinajstić information content (AvgIpc) is 3.37. The summed E-state index contributed by atoms with van der Waals surface area (Å²) in [7, 11) is 0. The van der Waals surface area contributed by atoms with E-state index in [0.29, 0.717) is 6.42 Å². The lowest BCUT2D eigenvalue weighted by Crippen LogP contribution is -2.56. The van der Waals surface area contributed by atoms with Crippen LogP contribution in [0.1, 0.15) is 78.6 Å². The van der Waals surface area contributed by atoms with Gasteiger partial charge in [-0.2, -0.15) is 0 Å². The second-order valence-corrected chi connectivity index (χ2v) is 9.64. The van der Waals surface area contributed by atoms with E-state index in [2.05, 4.69) is 39.8 Å². The summed E-state index contributed by atoms with van der Waals surface area (Å²) in [5.41, 5.74) is 13.3. The van der Waals surface area contributed by atoms with Crippen LogP contribution in [-0.2, 0) is 20.8 Å². The highest BCUT2D eigenvalue weighted by Crippen LogP contribution is 2.31. The van der Waals surface area contributed by atoms with Crippen molar-refractivity contribution in [3.8, 4) is 0 Å². The number of hydrogen-bond donors (Lipinski definition) is 5. The number of aromatic amines is 1. The van der Waals surface area contributed by atoms with E-state index in [4.69, 9.17) is 5.73 Å². The van der Waals surface area contributed by atoms with Crippen LogP contribution in [0.4, 0.5) is 0 Å². The second-order valence-electron chi connectivity index (χ2n) is 8.73. The number of rotatable bonds is 13. The Hall–Kier alpha value is -3.78. The number of H-pyrrole nitrogens is 1. The van der Waals surface area contributed by atoms with Crippen molar-refractivity contribution in [3.63, 3.8) is 0 Å².